The van der Waals surface area contributed by atoms with Crippen LogP contribution in [0.25, 0.3) is 11.0 Å². The van der Waals surface area contributed by atoms with E-state index in [-0.39, 0.29) is 16.8 Å². The summed E-state index contributed by atoms with van der Waals surface area (Å²) in [6, 6.07) is 1.52. The van der Waals surface area contributed by atoms with Gasteiger partial charge in [-0.25, -0.2) is 18.0 Å². The molecule has 0 aliphatic heterocycles. The van der Waals surface area contributed by atoms with E-state index < -0.39 is 37.1 Å². The molecule has 2 atom stereocenters. The number of hydrogen-bond donors (Lipinski definition) is 3. The van der Waals surface area contributed by atoms with Crippen LogP contribution < -0.4 is 11.3 Å². The Hall–Kier alpha value is -2.34. The molecule has 2 heterocycles. The molecule has 0 saturated heterocycles. The average molecular weight is 366 g/mol. The quantitative estimate of drug-likeness (QED) is 0.641. The topological polar surface area (TPSA) is 115 Å². The zero-order valence-corrected chi connectivity index (χ0v) is 12.8. The third-order valence-corrected chi connectivity index (χ3v) is 3.35. The molecule has 0 saturated carbocycles. The molecular formula is C12H13F3N4O4S. The van der Waals surface area contributed by atoms with Crippen molar-refractivity contribution in [1.82, 2.24) is 14.5 Å². The lowest BCUT2D eigenvalue weighted by atomic mass is 10.3. The van der Waals surface area contributed by atoms with Crippen LogP contribution in [0.15, 0.2) is 17.1 Å². The number of carbonyl (C=O) groups excluding carboxylic acids is 1. The van der Waals surface area contributed by atoms with Crippen LogP contribution in [0, 0.1) is 4.77 Å². The maximum atomic E-state index is 13.2. The van der Waals surface area contributed by atoms with Gasteiger partial charge in [-0.2, -0.15) is 0 Å². The zero-order valence-electron chi connectivity index (χ0n) is 12.0. The van der Waals surface area contributed by atoms with Crippen LogP contribution in [0.5, 0.6) is 0 Å². The van der Waals surface area contributed by atoms with Crippen molar-refractivity contribution in [2.75, 3.05) is 6.61 Å². The molecule has 0 bridgehead atoms. The SMILES string of the molecule is NC(=O)OCC(Cn1c(=S)[nH]c(=O)c2[nH]ccc21)OC(F)C(F)F. The molecule has 4 N–H and O–H groups in total. The first-order valence-electron chi connectivity index (χ1n) is 6.59. The Balaban J connectivity index is 2.31. The van der Waals surface area contributed by atoms with Gasteiger partial charge in [0.15, 0.2) is 4.77 Å². The summed E-state index contributed by atoms with van der Waals surface area (Å²) in [5.74, 6) is 0. The molecule has 132 valence electrons. The predicted octanol–water partition coefficient (Wildman–Crippen LogP) is 1.43. The second kappa shape index (κ2) is 7.49. The number of fused-ring (bicyclic) bond motifs is 1. The van der Waals surface area contributed by atoms with Gasteiger partial charge in [0.25, 0.3) is 18.3 Å². The van der Waals surface area contributed by atoms with Gasteiger partial charge in [-0.3, -0.25) is 9.78 Å². The summed E-state index contributed by atoms with van der Waals surface area (Å²) in [4.78, 5) is 27.5. The highest BCUT2D eigenvalue weighted by Gasteiger charge is 2.26. The van der Waals surface area contributed by atoms with Crippen LogP contribution in [-0.4, -0.2) is 46.1 Å². The van der Waals surface area contributed by atoms with E-state index in [1.807, 2.05) is 0 Å². The second-order valence-corrected chi connectivity index (χ2v) is 5.07. The van der Waals surface area contributed by atoms with Crippen molar-refractivity contribution < 1.29 is 27.4 Å². The van der Waals surface area contributed by atoms with Crippen molar-refractivity contribution in [2.24, 2.45) is 5.73 Å². The molecule has 8 nitrogen and oxygen atoms in total. The van der Waals surface area contributed by atoms with E-state index in [1.54, 1.807) is 0 Å². The lowest BCUT2D eigenvalue weighted by Gasteiger charge is -2.21. The Kier molecular flexibility index (Phi) is 5.62. The minimum absolute atomic E-state index is 0.0350. The van der Waals surface area contributed by atoms with Crippen LogP contribution in [0.3, 0.4) is 0 Å². The number of H-pyrrole nitrogens is 2. The molecule has 0 aromatic carbocycles. The Bertz CT molecular complexity index is 834. The van der Waals surface area contributed by atoms with Crippen LogP contribution in [0.2, 0.25) is 0 Å². The molecule has 12 heteroatoms. The summed E-state index contributed by atoms with van der Waals surface area (Å²) in [5.41, 5.74) is 4.87. The predicted molar refractivity (Wildman–Crippen MR) is 79.1 cm³/mol. The van der Waals surface area contributed by atoms with Crippen molar-refractivity contribution in [2.45, 2.75) is 25.4 Å². The van der Waals surface area contributed by atoms with Gasteiger partial charge in [0.05, 0.1) is 12.1 Å². The van der Waals surface area contributed by atoms with Gasteiger partial charge in [0.1, 0.15) is 18.2 Å². The van der Waals surface area contributed by atoms with Crippen molar-refractivity contribution in [1.29, 1.82) is 0 Å². The van der Waals surface area contributed by atoms with Crippen molar-refractivity contribution >= 4 is 29.3 Å². The summed E-state index contributed by atoms with van der Waals surface area (Å²) < 4.78 is 48.2. The fourth-order valence-corrected chi connectivity index (χ4v) is 2.31. The second-order valence-electron chi connectivity index (χ2n) is 4.68. The first-order valence-corrected chi connectivity index (χ1v) is 7.00. The van der Waals surface area contributed by atoms with Crippen LogP contribution in [-0.2, 0) is 16.0 Å². The molecule has 0 radical (unpaired) electrons. The normalized spacial score (nSPS) is 14.0. The molecule has 0 fully saturated rings. The summed E-state index contributed by atoms with van der Waals surface area (Å²) >= 11 is 5.02. The number of alkyl halides is 3. The van der Waals surface area contributed by atoms with E-state index in [1.165, 1.54) is 16.8 Å². The summed E-state index contributed by atoms with van der Waals surface area (Å²) in [5, 5.41) is 0. The Labute approximate surface area is 137 Å². The van der Waals surface area contributed by atoms with E-state index in [2.05, 4.69) is 19.4 Å². The monoisotopic (exact) mass is 366 g/mol. The van der Waals surface area contributed by atoms with E-state index in [4.69, 9.17) is 18.0 Å². The number of nitrogens with one attached hydrogen (secondary N) is 2. The van der Waals surface area contributed by atoms with E-state index in [9.17, 15) is 22.8 Å². The molecule has 1 amide bonds. The molecule has 0 aliphatic rings. The fraction of sp³-hybridized carbons (Fsp3) is 0.417. The number of rotatable bonds is 7. The number of aromatic amines is 2. The number of aromatic nitrogens is 3. The highest BCUT2D eigenvalue weighted by atomic mass is 32.1. The highest BCUT2D eigenvalue weighted by Crippen LogP contribution is 2.14. The fourth-order valence-electron chi connectivity index (χ4n) is 2.04. The zero-order chi connectivity index (χ0) is 17.9. The van der Waals surface area contributed by atoms with Gasteiger partial charge in [-0.05, 0) is 18.3 Å². The number of hydrogen-bond acceptors (Lipinski definition) is 5. The first-order chi connectivity index (χ1) is 11.3. The number of carbonyl (C=O) groups is 1. The summed E-state index contributed by atoms with van der Waals surface area (Å²) in [7, 11) is 0. The summed E-state index contributed by atoms with van der Waals surface area (Å²) in [6.45, 7) is -0.834. The number of ether oxygens (including phenoxy) is 2. The molecule has 2 aromatic rings. The third-order valence-electron chi connectivity index (χ3n) is 3.03. The van der Waals surface area contributed by atoms with Crippen molar-refractivity contribution in [3.8, 4) is 0 Å². The van der Waals surface area contributed by atoms with Gasteiger partial charge in [0, 0.05) is 6.20 Å². The maximum absolute atomic E-state index is 13.2. The Morgan fingerprint density at radius 2 is 2.12 bits per heavy atom. The molecule has 2 aromatic heterocycles. The number of primary amides is 1. The highest BCUT2D eigenvalue weighted by molar-refractivity contribution is 7.71. The average Bonchev–Trinajstić information content (AvgIpc) is 2.98. The molecule has 0 aliphatic carbocycles. The third kappa shape index (κ3) is 4.14. The number of nitrogens with two attached hydrogens (primary N) is 1. The molecular weight excluding hydrogens is 353 g/mol. The lowest BCUT2D eigenvalue weighted by molar-refractivity contribution is -0.168. The molecule has 0 spiro atoms. The number of halogens is 3. The van der Waals surface area contributed by atoms with E-state index >= 15 is 0 Å². The Morgan fingerprint density at radius 3 is 2.75 bits per heavy atom. The van der Waals surface area contributed by atoms with Crippen molar-refractivity contribution in [3.05, 3.63) is 27.4 Å². The number of nitrogens with zero attached hydrogens (tertiary/aromatic N) is 1. The molecule has 2 unspecified atom stereocenters. The number of amides is 1. The van der Waals surface area contributed by atoms with Gasteiger partial charge in [-0.1, -0.05) is 0 Å². The standard InChI is InChI=1S/C12H13F3N4O4S/c13-8(14)9(15)23-5(4-22-11(16)21)3-19-6-1-2-17-7(6)10(20)18-12(19)24/h1-2,5,8-9,17H,3-4H2,(H2,16,21)(H,18,20,24). The van der Waals surface area contributed by atoms with Gasteiger partial charge >= 0.3 is 6.09 Å². The first kappa shape index (κ1) is 18.0. The van der Waals surface area contributed by atoms with Crippen molar-refractivity contribution in [3.63, 3.8) is 0 Å². The molecule has 2 rings (SSSR count). The minimum Gasteiger partial charge on any atom is -0.447 e. The van der Waals surface area contributed by atoms with E-state index in [0.717, 1.165) is 0 Å². The van der Waals surface area contributed by atoms with Crippen LogP contribution in [0.1, 0.15) is 0 Å². The lowest BCUT2D eigenvalue weighted by Crippen LogP contribution is -2.34. The van der Waals surface area contributed by atoms with Gasteiger partial charge < -0.3 is 24.8 Å². The Morgan fingerprint density at radius 1 is 1.42 bits per heavy atom. The summed E-state index contributed by atoms with van der Waals surface area (Å²) in [6.07, 6.45) is -7.27. The maximum Gasteiger partial charge on any atom is 0.404 e. The van der Waals surface area contributed by atoms with E-state index in [0.29, 0.717) is 5.52 Å². The van der Waals surface area contributed by atoms with Crippen LogP contribution >= 0.6 is 12.2 Å². The van der Waals surface area contributed by atoms with Crippen LogP contribution in [0.4, 0.5) is 18.0 Å². The van der Waals surface area contributed by atoms with Gasteiger partial charge in [-0.15, -0.1) is 0 Å². The minimum atomic E-state index is -3.38. The van der Waals surface area contributed by atoms with Gasteiger partial charge in [0.2, 0.25) is 0 Å². The largest absolute Gasteiger partial charge is 0.447 e. The smallest absolute Gasteiger partial charge is 0.404 e. The molecule has 24 heavy (non-hydrogen) atoms.